The predicted molar refractivity (Wildman–Crippen MR) is 143 cm³/mol. The molecule has 2 aromatic heterocycles. The van der Waals surface area contributed by atoms with Crippen LogP contribution >= 0.6 is 11.3 Å². The van der Waals surface area contributed by atoms with Gasteiger partial charge >= 0.3 is 0 Å². The highest BCUT2D eigenvalue weighted by molar-refractivity contribution is 7.89. The Morgan fingerprint density at radius 2 is 1.81 bits per heavy atom. The van der Waals surface area contributed by atoms with Crippen LogP contribution in [0.4, 0.5) is 5.13 Å². The minimum absolute atomic E-state index is 0.204. The Balaban J connectivity index is 1.55. The van der Waals surface area contributed by atoms with Crippen LogP contribution in [0.5, 0.6) is 0 Å². The number of carbonyl (C=O) groups excluding carboxylic acids is 1. The summed E-state index contributed by atoms with van der Waals surface area (Å²) in [5, 5.41) is 0.553. The second-order valence-electron chi connectivity index (χ2n) is 9.21. The number of fused-ring (bicyclic) bond motifs is 1. The monoisotopic (exact) mass is 520 g/mol. The number of hydrogen-bond acceptors (Lipinski definition) is 6. The summed E-state index contributed by atoms with van der Waals surface area (Å²) >= 11 is 1.46. The Kier molecular flexibility index (Phi) is 6.63. The van der Waals surface area contributed by atoms with Crippen LogP contribution in [0.25, 0.3) is 10.2 Å². The molecule has 0 N–H and O–H groups in total. The highest BCUT2D eigenvalue weighted by atomic mass is 32.2. The van der Waals surface area contributed by atoms with Gasteiger partial charge in [0, 0.05) is 12.7 Å². The third-order valence-electron chi connectivity index (χ3n) is 6.59. The van der Waals surface area contributed by atoms with Gasteiger partial charge in [-0.3, -0.25) is 14.7 Å². The molecule has 36 heavy (non-hydrogen) atoms. The molecule has 4 aromatic rings. The number of sulfonamides is 1. The van der Waals surface area contributed by atoms with Crippen LogP contribution in [0, 0.1) is 20.8 Å². The predicted octanol–water partition coefficient (Wildman–Crippen LogP) is 5.00. The number of thiazole rings is 1. The van der Waals surface area contributed by atoms with Crippen molar-refractivity contribution in [1.82, 2.24) is 14.3 Å². The van der Waals surface area contributed by atoms with Gasteiger partial charge in [0.1, 0.15) is 6.04 Å². The number of aromatic nitrogens is 2. The molecular formula is C27H28N4O3S2. The van der Waals surface area contributed by atoms with Gasteiger partial charge < -0.3 is 0 Å². The highest BCUT2D eigenvalue weighted by Crippen LogP contribution is 2.36. The molecule has 1 atom stereocenters. The molecule has 3 heterocycles. The van der Waals surface area contributed by atoms with E-state index in [2.05, 4.69) is 11.1 Å². The number of nitrogens with zero attached hydrogens (tertiary/aromatic N) is 4. The second kappa shape index (κ2) is 9.72. The van der Waals surface area contributed by atoms with Crippen LogP contribution in [0.15, 0.2) is 65.7 Å². The minimum atomic E-state index is -3.82. The SMILES string of the molecule is Cc1ccc(S(=O)(=O)N2CCCC2C(=O)N(Cc2ccccn2)c2nc3c(C)ccc(C)c3s2)cc1. The summed E-state index contributed by atoms with van der Waals surface area (Å²) in [6.07, 6.45) is 2.77. The van der Waals surface area contributed by atoms with Gasteiger partial charge in [0.05, 0.1) is 27.4 Å². The van der Waals surface area contributed by atoms with Gasteiger partial charge in [0.25, 0.3) is 0 Å². The maximum absolute atomic E-state index is 14.1. The molecule has 0 radical (unpaired) electrons. The molecule has 5 rings (SSSR count). The average Bonchev–Trinajstić information content (AvgIpc) is 3.54. The molecule has 1 unspecified atom stereocenters. The Hall–Kier alpha value is -3.14. The molecule has 1 fully saturated rings. The first kappa shape index (κ1) is 24.5. The van der Waals surface area contributed by atoms with Crippen molar-refractivity contribution in [2.24, 2.45) is 0 Å². The number of benzene rings is 2. The van der Waals surface area contributed by atoms with Crippen molar-refractivity contribution >= 4 is 42.6 Å². The Bertz CT molecular complexity index is 1480. The molecule has 0 aliphatic carbocycles. The van der Waals surface area contributed by atoms with Gasteiger partial charge in [-0.15, -0.1) is 0 Å². The third kappa shape index (κ3) is 4.54. The van der Waals surface area contributed by atoms with Crippen LogP contribution in [0.1, 0.15) is 35.2 Å². The molecular weight excluding hydrogens is 492 g/mol. The normalized spacial score (nSPS) is 16.5. The molecule has 0 bridgehead atoms. The summed E-state index contributed by atoms with van der Waals surface area (Å²) in [7, 11) is -3.82. The van der Waals surface area contributed by atoms with E-state index in [9.17, 15) is 13.2 Å². The summed E-state index contributed by atoms with van der Waals surface area (Å²) < 4.78 is 29.5. The maximum Gasteiger partial charge on any atom is 0.247 e. The molecule has 186 valence electrons. The topological polar surface area (TPSA) is 83.5 Å². The molecule has 1 aliphatic rings. The Morgan fingerprint density at radius 1 is 1.06 bits per heavy atom. The van der Waals surface area contributed by atoms with E-state index in [4.69, 9.17) is 4.98 Å². The largest absolute Gasteiger partial charge is 0.281 e. The first-order valence-corrected chi connectivity index (χ1v) is 14.2. The lowest BCUT2D eigenvalue weighted by molar-refractivity contribution is -0.121. The van der Waals surface area contributed by atoms with E-state index in [0.29, 0.717) is 30.2 Å². The van der Waals surface area contributed by atoms with Gasteiger partial charge in [0.15, 0.2) is 5.13 Å². The lowest BCUT2D eigenvalue weighted by Crippen LogP contribution is -2.47. The summed E-state index contributed by atoms with van der Waals surface area (Å²) in [6.45, 7) is 6.47. The van der Waals surface area contributed by atoms with Crippen molar-refractivity contribution in [2.45, 2.75) is 51.1 Å². The first-order chi connectivity index (χ1) is 17.3. The quantitative estimate of drug-likeness (QED) is 0.357. The fraction of sp³-hybridized carbons (Fsp3) is 0.296. The van der Waals surface area contributed by atoms with E-state index in [1.165, 1.54) is 15.6 Å². The van der Waals surface area contributed by atoms with Gasteiger partial charge in [-0.1, -0.05) is 47.2 Å². The van der Waals surface area contributed by atoms with Gasteiger partial charge in [-0.2, -0.15) is 4.31 Å². The van der Waals surface area contributed by atoms with E-state index in [1.54, 1.807) is 35.4 Å². The number of amides is 1. The van der Waals surface area contributed by atoms with Crippen molar-refractivity contribution < 1.29 is 13.2 Å². The van der Waals surface area contributed by atoms with Crippen LogP contribution in [0.2, 0.25) is 0 Å². The zero-order chi connectivity index (χ0) is 25.4. The minimum Gasteiger partial charge on any atom is -0.281 e. The van der Waals surface area contributed by atoms with Crippen LogP contribution in [0.3, 0.4) is 0 Å². The van der Waals surface area contributed by atoms with Gasteiger partial charge in [0.2, 0.25) is 15.9 Å². The Labute approximate surface area is 215 Å². The number of hydrogen-bond donors (Lipinski definition) is 0. The molecule has 2 aromatic carbocycles. The fourth-order valence-corrected chi connectivity index (χ4v) is 7.32. The zero-order valence-corrected chi connectivity index (χ0v) is 22.1. The standard InChI is InChI=1S/C27H28N4O3S2/c1-18-9-13-22(14-10-18)36(33,34)31-16-6-8-23(31)26(32)30(17-21-7-4-5-15-28-21)27-29-24-19(2)11-12-20(3)25(24)35-27/h4-5,7,9-15,23H,6,8,16-17H2,1-3H3. The van der Waals surface area contributed by atoms with Crippen LogP contribution < -0.4 is 4.90 Å². The molecule has 9 heteroatoms. The van der Waals surface area contributed by atoms with E-state index < -0.39 is 16.1 Å². The smallest absolute Gasteiger partial charge is 0.247 e. The van der Waals surface area contributed by atoms with Crippen molar-refractivity contribution in [3.63, 3.8) is 0 Å². The fourth-order valence-electron chi connectivity index (χ4n) is 4.56. The molecule has 0 saturated carbocycles. The van der Waals surface area contributed by atoms with E-state index in [0.717, 1.165) is 26.9 Å². The van der Waals surface area contributed by atoms with E-state index >= 15 is 0 Å². The maximum atomic E-state index is 14.1. The summed E-state index contributed by atoms with van der Waals surface area (Å²) in [5.74, 6) is -0.275. The number of carbonyl (C=O) groups is 1. The zero-order valence-electron chi connectivity index (χ0n) is 20.5. The van der Waals surface area contributed by atoms with Gasteiger partial charge in [-0.25, -0.2) is 13.4 Å². The third-order valence-corrected chi connectivity index (χ3v) is 9.73. The second-order valence-corrected chi connectivity index (χ2v) is 12.1. The molecule has 1 amide bonds. The molecule has 1 saturated heterocycles. The number of aryl methyl sites for hydroxylation is 3. The molecule has 0 spiro atoms. The van der Waals surface area contributed by atoms with Gasteiger partial charge in [-0.05, 0) is 69.0 Å². The Morgan fingerprint density at radius 3 is 2.50 bits per heavy atom. The first-order valence-electron chi connectivity index (χ1n) is 11.9. The number of pyridine rings is 1. The van der Waals surface area contributed by atoms with Crippen LogP contribution in [-0.4, -0.2) is 41.2 Å². The van der Waals surface area contributed by atoms with E-state index in [1.807, 2.05) is 45.0 Å². The van der Waals surface area contributed by atoms with Crippen molar-refractivity contribution in [1.29, 1.82) is 0 Å². The number of anilines is 1. The number of rotatable bonds is 6. The average molecular weight is 521 g/mol. The van der Waals surface area contributed by atoms with Crippen molar-refractivity contribution in [2.75, 3.05) is 11.4 Å². The van der Waals surface area contributed by atoms with E-state index in [-0.39, 0.29) is 17.3 Å². The molecule has 7 nitrogen and oxygen atoms in total. The summed E-state index contributed by atoms with van der Waals surface area (Å²) in [6, 6.07) is 15.6. The summed E-state index contributed by atoms with van der Waals surface area (Å²) in [4.78, 5) is 25.2. The van der Waals surface area contributed by atoms with Crippen molar-refractivity contribution in [3.8, 4) is 0 Å². The summed E-state index contributed by atoms with van der Waals surface area (Å²) in [5.41, 5.74) is 4.68. The molecule has 1 aliphatic heterocycles. The lowest BCUT2D eigenvalue weighted by atomic mass is 10.1. The highest BCUT2D eigenvalue weighted by Gasteiger charge is 2.42. The van der Waals surface area contributed by atoms with Crippen LogP contribution in [-0.2, 0) is 21.4 Å². The van der Waals surface area contributed by atoms with Crippen molar-refractivity contribution in [3.05, 3.63) is 83.2 Å². The lowest BCUT2D eigenvalue weighted by Gasteiger charge is -2.28.